The summed E-state index contributed by atoms with van der Waals surface area (Å²) < 4.78 is 40.1. The van der Waals surface area contributed by atoms with Crippen LogP contribution < -0.4 is 11.1 Å². The van der Waals surface area contributed by atoms with Gasteiger partial charge in [-0.3, -0.25) is 4.79 Å². The standard InChI is InChI=1S/C24H28ClF3N2OS/c1-12(11-29)6-16-7-13(2)14(3)23(16)32-21-8-15(4-5-18(21)25)24(31)30-17-9-19(26)22(28)20(27)10-17/h4-5,8-10,12-14,16,23H,6-7,11,29H2,1-3H3,(H,30,31). The number of nitrogens with two attached hydrogens (primary N) is 1. The molecule has 3 rings (SSSR count). The van der Waals surface area contributed by atoms with Gasteiger partial charge in [-0.05, 0) is 61.3 Å². The van der Waals surface area contributed by atoms with Crippen molar-refractivity contribution in [2.24, 2.45) is 29.4 Å². The number of thioether (sulfide) groups is 1. The van der Waals surface area contributed by atoms with Gasteiger partial charge in [0, 0.05) is 33.5 Å². The first-order valence-corrected chi connectivity index (χ1v) is 12.0. The molecule has 0 bridgehead atoms. The summed E-state index contributed by atoms with van der Waals surface area (Å²) in [5, 5.41) is 3.30. The number of nitrogens with one attached hydrogen (secondary N) is 1. The van der Waals surface area contributed by atoms with Crippen molar-refractivity contribution in [2.75, 3.05) is 11.9 Å². The second-order valence-corrected chi connectivity index (χ2v) is 10.5. The highest BCUT2D eigenvalue weighted by Gasteiger charge is 2.39. The monoisotopic (exact) mass is 484 g/mol. The highest BCUT2D eigenvalue weighted by Crippen LogP contribution is 2.49. The fourth-order valence-electron chi connectivity index (χ4n) is 4.34. The number of benzene rings is 2. The molecule has 1 fully saturated rings. The SMILES string of the molecule is CC(CN)CC1CC(C)C(C)C1Sc1cc(C(=O)Nc2cc(F)c(F)c(F)c2)ccc1Cl. The minimum Gasteiger partial charge on any atom is -0.330 e. The van der Waals surface area contributed by atoms with E-state index in [-0.39, 0.29) is 5.69 Å². The molecule has 0 aromatic heterocycles. The molecule has 0 radical (unpaired) electrons. The molecule has 2 aromatic rings. The Hall–Kier alpha value is -1.70. The Morgan fingerprint density at radius 3 is 2.50 bits per heavy atom. The number of hydrogen-bond donors (Lipinski definition) is 2. The van der Waals surface area contributed by atoms with Crippen molar-refractivity contribution in [2.45, 2.75) is 43.8 Å². The van der Waals surface area contributed by atoms with E-state index in [0.29, 0.717) is 46.1 Å². The number of anilines is 1. The highest BCUT2D eigenvalue weighted by atomic mass is 35.5. The van der Waals surface area contributed by atoms with Crippen LogP contribution >= 0.6 is 23.4 Å². The molecular formula is C24H28ClF3N2OS. The number of carbonyl (C=O) groups excluding carboxylic acids is 1. The Labute approximate surface area is 196 Å². The van der Waals surface area contributed by atoms with Gasteiger partial charge >= 0.3 is 0 Å². The molecule has 0 heterocycles. The third-order valence-corrected chi connectivity index (χ3v) is 8.48. The summed E-state index contributed by atoms with van der Waals surface area (Å²) in [5.74, 6) is -2.87. The summed E-state index contributed by atoms with van der Waals surface area (Å²) in [6.07, 6.45) is 2.17. The van der Waals surface area contributed by atoms with Crippen molar-refractivity contribution in [3.8, 4) is 0 Å². The van der Waals surface area contributed by atoms with E-state index in [1.54, 1.807) is 30.0 Å². The fourth-order valence-corrected chi connectivity index (χ4v) is 6.16. The van der Waals surface area contributed by atoms with Gasteiger partial charge in [-0.15, -0.1) is 11.8 Å². The molecule has 32 heavy (non-hydrogen) atoms. The molecule has 3 nitrogen and oxygen atoms in total. The molecule has 5 atom stereocenters. The zero-order valence-corrected chi connectivity index (χ0v) is 19.9. The first kappa shape index (κ1) is 24.9. The lowest BCUT2D eigenvalue weighted by atomic mass is 9.93. The van der Waals surface area contributed by atoms with E-state index in [4.69, 9.17) is 17.3 Å². The maximum absolute atomic E-state index is 13.5. The van der Waals surface area contributed by atoms with Gasteiger partial charge in [0.05, 0.1) is 5.02 Å². The van der Waals surface area contributed by atoms with Crippen molar-refractivity contribution in [1.82, 2.24) is 0 Å². The third kappa shape index (κ3) is 5.61. The lowest BCUT2D eigenvalue weighted by Gasteiger charge is -2.25. The average Bonchev–Trinajstić information content (AvgIpc) is 3.00. The van der Waals surface area contributed by atoms with Crippen LogP contribution in [0.2, 0.25) is 5.02 Å². The van der Waals surface area contributed by atoms with Crippen LogP contribution in [-0.4, -0.2) is 17.7 Å². The smallest absolute Gasteiger partial charge is 0.255 e. The Bertz CT molecular complexity index is 967. The molecule has 2 aromatic carbocycles. The highest BCUT2D eigenvalue weighted by molar-refractivity contribution is 8.00. The molecule has 0 saturated heterocycles. The van der Waals surface area contributed by atoms with Gasteiger partial charge in [0.1, 0.15) is 0 Å². The third-order valence-electron chi connectivity index (χ3n) is 6.36. The van der Waals surface area contributed by atoms with Crippen LogP contribution in [0.25, 0.3) is 0 Å². The summed E-state index contributed by atoms with van der Waals surface area (Å²) in [4.78, 5) is 13.5. The molecule has 5 unspecified atom stereocenters. The van der Waals surface area contributed by atoms with Crippen molar-refractivity contribution >= 4 is 35.0 Å². The lowest BCUT2D eigenvalue weighted by molar-refractivity contribution is 0.102. The molecule has 1 aliphatic rings. The van der Waals surface area contributed by atoms with Gasteiger partial charge in [0.25, 0.3) is 5.91 Å². The van der Waals surface area contributed by atoms with E-state index in [2.05, 4.69) is 26.1 Å². The van der Waals surface area contributed by atoms with Crippen LogP contribution in [0.5, 0.6) is 0 Å². The van der Waals surface area contributed by atoms with E-state index in [1.165, 1.54) is 0 Å². The molecule has 8 heteroatoms. The van der Waals surface area contributed by atoms with Crippen molar-refractivity contribution in [1.29, 1.82) is 0 Å². The average molecular weight is 485 g/mol. The van der Waals surface area contributed by atoms with Gasteiger partial charge in [0.2, 0.25) is 0 Å². The Kier molecular flexibility index (Phi) is 8.17. The van der Waals surface area contributed by atoms with Crippen LogP contribution in [0.3, 0.4) is 0 Å². The molecule has 1 amide bonds. The van der Waals surface area contributed by atoms with Crippen LogP contribution in [-0.2, 0) is 0 Å². The van der Waals surface area contributed by atoms with Crippen molar-refractivity contribution in [3.63, 3.8) is 0 Å². The number of hydrogen-bond acceptors (Lipinski definition) is 3. The summed E-state index contributed by atoms with van der Waals surface area (Å²) in [6, 6.07) is 6.37. The zero-order chi connectivity index (χ0) is 23.6. The molecular weight excluding hydrogens is 457 g/mol. The maximum Gasteiger partial charge on any atom is 0.255 e. The second-order valence-electron chi connectivity index (χ2n) is 8.84. The number of halogens is 4. The molecule has 0 spiro atoms. The van der Waals surface area contributed by atoms with E-state index in [9.17, 15) is 18.0 Å². The molecule has 174 valence electrons. The largest absolute Gasteiger partial charge is 0.330 e. The predicted octanol–water partition coefficient (Wildman–Crippen LogP) is 6.75. The van der Waals surface area contributed by atoms with Crippen molar-refractivity contribution < 1.29 is 18.0 Å². The van der Waals surface area contributed by atoms with Gasteiger partial charge in [-0.25, -0.2) is 13.2 Å². The summed E-state index contributed by atoms with van der Waals surface area (Å²) in [6.45, 7) is 7.32. The summed E-state index contributed by atoms with van der Waals surface area (Å²) >= 11 is 8.12. The number of rotatable bonds is 7. The quantitative estimate of drug-likeness (QED) is 0.427. The Morgan fingerprint density at radius 1 is 1.22 bits per heavy atom. The van der Waals surface area contributed by atoms with Crippen molar-refractivity contribution in [3.05, 3.63) is 58.4 Å². The van der Waals surface area contributed by atoms with Crippen LogP contribution in [0, 0.1) is 41.1 Å². The normalized spacial score (nSPS) is 23.9. The fraction of sp³-hybridized carbons (Fsp3) is 0.458. The zero-order valence-electron chi connectivity index (χ0n) is 18.3. The van der Waals surface area contributed by atoms with E-state index < -0.39 is 23.4 Å². The predicted molar refractivity (Wildman–Crippen MR) is 125 cm³/mol. The minimum absolute atomic E-state index is 0.162. The molecule has 1 saturated carbocycles. The maximum atomic E-state index is 13.5. The van der Waals surface area contributed by atoms with Gasteiger partial charge in [0.15, 0.2) is 17.5 Å². The first-order chi connectivity index (χ1) is 15.1. The van der Waals surface area contributed by atoms with E-state index >= 15 is 0 Å². The second kappa shape index (κ2) is 10.5. The van der Waals surface area contributed by atoms with Gasteiger partial charge in [-0.1, -0.05) is 32.4 Å². The Balaban J connectivity index is 1.79. The molecule has 0 aliphatic heterocycles. The summed E-state index contributed by atoms with van der Waals surface area (Å²) in [5.41, 5.74) is 5.98. The van der Waals surface area contributed by atoms with Gasteiger partial charge < -0.3 is 11.1 Å². The van der Waals surface area contributed by atoms with E-state index in [0.717, 1.165) is 29.9 Å². The number of amides is 1. The van der Waals surface area contributed by atoms with Crippen LogP contribution in [0.4, 0.5) is 18.9 Å². The molecule has 1 aliphatic carbocycles. The van der Waals surface area contributed by atoms with E-state index in [1.807, 2.05) is 0 Å². The number of carbonyl (C=O) groups is 1. The lowest BCUT2D eigenvalue weighted by Crippen LogP contribution is -2.22. The van der Waals surface area contributed by atoms with Crippen LogP contribution in [0.15, 0.2) is 35.2 Å². The van der Waals surface area contributed by atoms with Crippen LogP contribution in [0.1, 0.15) is 44.0 Å². The first-order valence-electron chi connectivity index (χ1n) is 10.7. The van der Waals surface area contributed by atoms with Gasteiger partial charge in [-0.2, -0.15) is 0 Å². The Morgan fingerprint density at radius 2 is 1.88 bits per heavy atom. The minimum atomic E-state index is -1.58. The summed E-state index contributed by atoms with van der Waals surface area (Å²) in [7, 11) is 0. The molecule has 3 N–H and O–H groups in total. The topological polar surface area (TPSA) is 55.1 Å².